The second-order valence-corrected chi connectivity index (χ2v) is 4.58. The molecule has 0 unspecified atom stereocenters. The third-order valence-corrected chi connectivity index (χ3v) is 2.96. The van der Waals surface area contributed by atoms with Crippen molar-refractivity contribution in [3.63, 3.8) is 0 Å². The van der Waals surface area contributed by atoms with E-state index in [1.807, 2.05) is 6.92 Å². The number of hydrogen-bond donors (Lipinski definition) is 2. The summed E-state index contributed by atoms with van der Waals surface area (Å²) in [6.07, 6.45) is 0. The SMILES string of the molecule is Cc1cc(C(=O)Nc2ccc(C(=O)O)cc2C)n(C)n1. The van der Waals surface area contributed by atoms with Gasteiger partial charge in [0.2, 0.25) is 0 Å². The molecule has 6 heteroatoms. The van der Waals surface area contributed by atoms with Gasteiger partial charge in [0.1, 0.15) is 5.69 Å². The van der Waals surface area contributed by atoms with Crippen LogP contribution in [0.15, 0.2) is 24.3 Å². The van der Waals surface area contributed by atoms with Gasteiger partial charge in [0.25, 0.3) is 5.91 Å². The Morgan fingerprint density at radius 3 is 2.45 bits per heavy atom. The van der Waals surface area contributed by atoms with Crippen molar-refractivity contribution < 1.29 is 14.7 Å². The van der Waals surface area contributed by atoms with Crippen LogP contribution >= 0.6 is 0 Å². The van der Waals surface area contributed by atoms with Crippen molar-refractivity contribution in [1.29, 1.82) is 0 Å². The fourth-order valence-corrected chi connectivity index (χ4v) is 1.95. The number of rotatable bonds is 3. The molecule has 0 spiro atoms. The summed E-state index contributed by atoms with van der Waals surface area (Å²) < 4.78 is 1.51. The van der Waals surface area contributed by atoms with Crippen molar-refractivity contribution in [3.8, 4) is 0 Å². The first kappa shape index (κ1) is 13.8. The molecule has 0 bridgehead atoms. The molecule has 2 rings (SSSR count). The molecule has 0 aliphatic carbocycles. The molecule has 6 nitrogen and oxygen atoms in total. The number of amides is 1. The van der Waals surface area contributed by atoms with Crippen LogP contribution in [-0.2, 0) is 7.05 Å². The zero-order valence-corrected chi connectivity index (χ0v) is 11.5. The van der Waals surface area contributed by atoms with E-state index >= 15 is 0 Å². The van der Waals surface area contributed by atoms with E-state index in [2.05, 4.69) is 10.4 Å². The van der Waals surface area contributed by atoms with Crippen LogP contribution in [0.25, 0.3) is 0 Å². The molecule has 0 radical (unpaired) electrons. The second kappa shape index (κ2) is 5.16. The molecule has 0 saturated heterocycles. The lowest BCUT2D eigenvalue weighted by Crippen LogP contribution is -2.16. The van der Waals surface area contributed by atoms with Gasteiger partial charge in [-0.2, -0.15) is 5.10 Å². The van der Waals surface area contributed by atoms with E-state index in [0.717, 1.165) is 5.69 Å². The van der Waals surface area contributed by atoms with Gasteiger partial charge in [0, 0.05) is 12.7 Å². The van der Waals surface area contributed by atoms with Crippen LogP contribution in [0.5, 0.6) is 0 Å². The Hall–Kier alpha value is -2.63. The van der Waals surface area contributed by atoms with E-state index in [9.17, 15) is 9.59 Å². The minimum absolute atomic E-state index is 0.192. The summed E-state index contributed by atoms with van der Waals surface area (Å²) in [7, 11) is 1.70. The fraction of sp³-hybridized carbons (Fsp3) is 0.214. The van der Waals surface area contributed by atoms with Gasteiger partial charge in [-0.15, -0.1) is 0 Å². The predicted molar refractivity (Wildman–Crippen MR) is 74.0 cm³/mol. The van der Waals surface area contributed by atoms with Crippen LogP contribution < -0.4 is 5.32 Å². The van der Waals surface area contributed by atoms with Gasteiger partial charge in [-0.3, -0.25) is 9.48 Å². The Morgan fingerprint density at radius 1 is 1.25 bits per heavy atom. The number of aromatic carboxylic acids is 1. The number of carboxylic acid groups (broad SMARTS) is 1. The largest absolute Gasteiger partial charge is 0.478 e. The van der Waals surface area contributed by atoms with E-state index < -0.39 is 5.97 Å². The van der Waals surface area contributed by atoms with Crippen molar-refractivity contribution in [2.75, 3.05) is 5.32 Å². The van der Waals surface area contributed by atoms with Crippen LogP contribution in [-0.4, -0.2) is 26.8 Å². The van der Waals surface area contributed by atoms with E-state index in [1.165, 1.54) is 16.8 Å². The van der Waals surface area contributed by atoms with Crippen LogP contribution in [0.4, 0.5) is 5.69 Å². The summed E-state index contributed by atoms with van der Waals surface area (Å²) >= 11 is 0. The summed E-state index contributed by atoms with van der Waals surface area (Å²) in [5, 5.41) is 15.8. The van der Waals surface area contributed by atoms with Crippen molar-refractivity contribution in [2.45, 2.75) is 13.8 Å². The van der Waals surface area contributed by atoms with E-state index in [0.29, 0.717) is 16.9 Å². The van der Waals surface area contributed by atoms with Gasteiger partial charge in [-0.25, -0.2) is 4.79 Å². The average molecular weight is 273 g/mol. The lowest BCUT2D eigenvalue weighted by atomic mass is 10.1. The summed E-state index contributed by atoms with van der Waals surface area (Å²) in [6, 6.07) is 6.25. The minimum atomic E-state index is -0.992. The zero-order valence-electron chi connectivity index (χ0n) is 11.5. The van der Waals surface area contributed by atoms with E-state index in [4.69, 9.17) is 5.11 Å². The standard InChI is InChI=1S/C14H15N3O3/c1-8-6-10(14(19)20)4-5-11(8)15-13(18)12-7-9(2)16-17(12)3/h4-7H,1-3H3,(H,15,18)(H,19,20). The molecule has 2 N–H and O–H groups in total. The lowest BCUT2D eigenvalue weighted by molar-refractivity contribution is 0.0696. The molecule has 1 amide bonds. The van der Waals surface area contributed by atoms with Gasteiger partial charge in [0.05, 0.1) is 11.3 Å². The summed E-state index contributed by atoms with van der Waals surface area (Å²) in [4.78, 5) is 23.0. The molecule has 0 atom stereocenters. The Balaban J connectivity index is 2.24. The van der Waals surface area contributed by atoms with Crippen LogP contribution in [0.1, 0.15) is 32.1 Å². The Morgan fingerprint density at radius 2 is 1.95 bits per heavy atom. The van der Waals surface area contributed by atoms with E-state index in [1.54, 1.807) is 26.1 Å². The van der Waals surface area contributed by atoms with Crippen molar-refractivity contribution in [1.82, 2.24) is 9.78 Å². The maximum Gasteiger partial charge on any atom is 0.335 e. The first-order chi connectivity index (χ1) is 9.38. The topological polar surface area (TPSA) is 84.2 Å². The Bertz CT molecular complexity index is 689. The molecular weight excluding hydrogens is 258 g/mol. The molecule has 1 heterocycles. The van der Waals surface area contributed by atoms with Crippen molar-refractivity contribution in [3.05, 3.63) is 46.8 Å². The highest BCUT2D eigenvalue weighted by atomic mass is 16.4. The molecule has 1 aromatic carbocycles. The number of aromatic nitrogens is 2. The Labute approximate surface area is 116 Å². The number of hydrogen-bond acceptors (Lipinski definition) is 3. The van der Waals surface area contributed by atoms with Gasteiger partial charge in [0.15, 0.2) is 0 Å². The highest BCUT2D eigenvalue weighted by molar-refractivity contribution is 6.03. The highest BCUT2D eigenvalue weighted by Crippen LogP contribution is 2.17. The molecule has 104 valence electrons. The maximum absolute atomic E-state index is 12.1. The van der Waals surface area contributed by atoms with Crippen molar-refractivity contribution >= 4 is 17.6 Å². The first-order valence-electron chi connectivity index (χ1n) is 6.04. The molecule has 20 heavy (non-hydrogen) atoms. The molecule has 0 aliphatic rings. The van der Waals surface area contributed by atoms with Crippen LogP contribution in [0.2, 0.25) is 0 Å². The lowest BCUT2D eigenvalue weighted by Gasteiger charge is -2.09. The number of nitrogens with zero attached hydrogens (tertiary/aromatic N) is 2. The normalized spacial score (nSPS) is 10.3. The van der Waals surface area contributed by atoms with Crippen LogP contribution in [0.3, 0.4) is 0 Å². The van der Waals surface area contributed by atoms with Gasteiger partial charge in [-0.05, 0) is 43.7 Å². The van der Waals surface area contributed by atoms with Crippen LogP contribution in [0, 0.1) is 13.8 Å². The van der Waals surface area contributed by atoms with Gasteiger partial charge >= 0.3 is 5.97 Å². The number of benzene rings is 1. The third-order valence-electron chi connectivity index (χ3n) is 2.96. The third kappa shape index (κ3) is 2.69. The quantitative estimate of drug-likeness (QED) is 0.895. The highest BCUT2D eigenvalue weighted by Gasteiger charge is 2.13. The minimum Gasteiger partial charge on any atom is -0.478 e. The summed E-state index contributed by atoms with van der Waals surface area (Å²) in [5.41, 5.74) is 2.67. The molecule has 0 saturated carbocycles. The molecule has 0 fully saturated rings. The summed E-state index contributed by atoms with van der Waals surface area (Å²) in [5.74, 6) is -1.27. The number of carboxylic acids is 1. The maximum atomic E-state index is 12.1. The molecule has 1 aromatic heterocycles. The van der Waals surface area contributed by atoms with Gasteiger partial charge in [-0.1, -0.05) is 0 Å². The van der Waals surface area contributed by atoms with Gasteiger partial charge < -0.3 is 10.4 Å². The Kier molecular flexibility index (Phi) is 3.56. The first-order valence-corrected chi connectivity index (χ1v) is 6.04. The predicted octanol–water partition coefficient (Wildman–Crippen LogP) is 1.99. The van der Waals surface area contributed by atoms with E-state index in [-0.39, 0.29) is 11.5 Å². The average Bonchev–Trinajstić information content (AvgIpc) is 2.70. The number of carbonyl (C=O) groups is 2. The fourth-order valence-electron chi connectivity index (χ4n) is 1.95. The number of nitrogens with one attached hydrogen (secondary N) is 1. The number of anilines is 1. The van der Waals surface area contributed by atoms with Crippen molar-refractivity contribution in [2.24, 2.45) is 7.05 Å². The smallest absolute Gasteiger partial charge is 0.335 e. The molecular formula is C14H15N3O3. The second-order valence-electron chi connectivity index (χ2n) is 4.58. The number of aryl methyl sites for hydroxylation is 3. The monoisotopic (exact) mass is 273 g/mol. The summed E-state index contributed by atoms with van der Waals surface area (Å²) in [6.45, 7) is 3.56. The molecule has 0 aliphatic heterocycles. The molecule has 2 aromatic rings. The number of carbonyl (C=O) groups excluding carboxylic acids is 1. The zero-order chi connectivity index (χ0) is 14.9.